The zero-order valence-corrected chi connectivity index (χ0v) is 17.9. The van der Waals surface area contributed by atoms with Crippen LogP contribution in [-0.4, -0.2) is 23.0 Å². The van der Waals surface area contributed by atoms with E-state index in [2.05, 4.69) is 57.1 Å². The molecule has 2 rings (SSSR count). The Kier molecular flexibility index (Phi) is 9.00. The van der Waals surface area contributed by atoms with Crippen molar-refractivity contribution < 1.29 is 0 Å². The van der Waals surface area contributed by atoms with E-state index < -0.39 is 0 Å². The van der Waals surface area contributed by atoms with Gasteiger partial charge in [-0.15, -0.1) is 46.7 Å². The summed E-state index contributed by atoms with van der Waals surface area (Å²) in [5, 5.41) is 13.0. The average Bonchev–Trinajstić information content (AvgIpc) is 3.16. The third kappa shape index (κ3) is 6.34. The summed E-state index contributed by atoms with van der Waals surface area (Å²) in [5.41, 5.74) is 2.21. The SMILES string of the molecule is CCc1nc(CNC(=NC)NCc2nc(C(C)C)cs2)cs1.I. The quantitative estimate of drug-likeness (QED) is 0.388. The molecule has 128 valence electrons. The Morgan fingerprint density at radius 1 is 1.13 bits per heavy atom. The van der Waals surface area contributed by atoms with Crippen LogP contribution in [0.5, 0.6) is 0 Å². The van der Waals surface area contributed by atoms with Crippen molar-refractivity contribution in [1.82, 2.24) is 20.6 Å². The van der Waals surface area contributed by atoms with Crippen LogP contribution < -0.4 is 10.6 Å². The number of aliphatic imine (C=N–C) groups is 1. The minimum atomic E-state index is 0. The molecule has 0 spiro atoms. The number of halogens is 1. The Hall–Kier alpha value is -0.740. The van der Waals surface area contributed by atoms with Crippen molar-refractivity contribution in [3.63, 3.8) is 0 Å². The normalized spacial score (nSPS) is 11.4. The molecule has 8 heteroatoms. The van der Waals surface area contributed by atoms with E-state index in [-0.39, 0.29) is 24.0 Å². The maximum Gasteiger partial charge on any atom is 0.191 e. The van der Waals surface area contributed by atoms with E-state index in [4.69, 9.17) is 0 Å². The summed E-state index contributed by atoms with van der Waals surface area (Å²) in [6, 6.07) is 0. The molecule has 0 saturated heterocycles. The fourth-order valence-corrected chi connectivity index (χ4v) is 3.46. The van der Waals surface area contributed by atoms with Gasteiger partial charge in [-0.1, -0.05) is 20.8 Å². The molecule has 0 saturated carbocycles. The van der Waals surface area contributed by atoms with Crippen molar-refractivity contribution >= 4 is 52.6 Å². The second kappa shape index (κ2) is 10.2. The standard InChI is InChI=1S/C15H23N5S2.HI/c1-5-13-19-11(8-21-13)6-17-15(16-4)18-7-14-20-12(9-22-14)10(2)3;/h8-10H,5-7H2,1-4H3,(H2,16,17,18);1H. The minimum absolute atomic E-state index is 0. The molecule has 23 heavy (non-hydrogen) atoms. The molecule has 2 aromatic rings. The number of rotatable bonds is 6. The van der Waals surface area contributed by atoms with Crippen molar-refractivity contribution in [3.8, 4) is 0 Å². The molecule has 2 N–H and O–H groups in total. The van der Waals surface area contributed by atoms with Gasteiger partial charge in [0, 0.05) is 17.8 Å². The lowest BCUT2D eigenvalue weighted by Crippen LogP contribution is -2.36. The average molecular weight is 465 g/mol. The van der Waals surface area contributed by atoms with E-state index in [1.54, 1.807) is 29.7 Å². The largest absolute Gasteiger partial charge is 0.351 e. The van der Waals surface area contributed by atoms with Crippen molar-refractivity contribution in [2.75, 3.05) is 7.05 Å². The number of guanidine groups is 1. The summed E-state index contributed by atoms with van der Waals surface area (Å²) in [6.45, 7) is 7.81. The van der Waals surface area contributed by atoms with Crippen molar-refractivity contribution in [2.24, 2.45) is 4.99 Å². The minimum Gasteiger partial charge on any atom is -0.351 e. The molecule has 0 aliphatic rings. The fraction of sp³-hybridized carbons (Fsp3) is 0.533. The molecule has 0 unspecified atom stereocenters. The Morgan fingerprint density at radius 3 is 2.39 bits per heavy atom. The molecular weight excluding hydrogens is 441 g/mol. The van der Waals surface area contributed by atoms with Crippen LogP contribution in [0.3, 0.4) is 0 Å². The second-order valence-electron chi connectivity index (χ2n) is 5.19. The Bertz CT molecular complexity index is 621. The van der Waals surface area contributed by atoms with Gasteiger partial charge in [0.2, 0.25) is 0 Å². The molecule has 0 amide bonds. The van der Waals surface area contributed by atoms with Crippen LogP contribution >= 0.6 is 46.7 Å². The predicted octanol–water partition coefficient (Wildman–Crippen LogP) is 3.77. The van der Waals surface area contributed by atoms with Crippen LogP contribution in [0.4, 0.5) is 0 Å². The van der Waals surface area contributed by atoms with E-state index in [0.717, 1.165) is 28.8 Å². The maximum atomic E-state index is 4.61. The lowest BCUT2D eigenvalue weighted by Gasteiger charge is -2.09. The lowest BCUT2D eigenvalue weighted by molar-refractivity contribution is 0.778. The van der Waals surface area contributed by atoms with Gasteiger partial charge in [-0.25, -0.2) is 9.97 Å². The van der Waals surface area contributed by atoms with Crippen LogP contribution in [0.2, 0.25) is 0 Å². The molecule has 2 heterocycles. The first-order valence-corrected chi connectivity index (χ1v) is 9.20. The summed E-state index contributed by atoms with van der Waals surface area (Å²) in [5.74, 6) is 1.24. The molecular formula is C15H24IN5S2. The van der Waals surface area contributed by atoms with Crippen LogP contribution in [0.25, 0.3) is 0 Å². The Morgan fingerprint density at radius 2 is 1.83 bits per heavy atom. The fourth-order valence-electron chi connectivity index (χ4n) is 1.82. The highest BCUT2D eigenvalue weighted by Gasteiger charge is 2.07. The van der Waals surface area contributed by atoms with Crippen LogP contribution in [0.1, 0.15) is 48.1 Å². The zero-order valence-electron chi connectivity index (χ0n) is 13.9. The second-order valence-corrected chi connectivity index (χ2v) is 7.07. The van der Waals surface area contributed by atoms with E-state index in [9.17, 15) is 0 Å². The number of thiazole rings is 2. The molecule has 5 nitrogen and oxygen atoms in total. The predicted molar refractivity (Wildman–Crippen MR) is 110 cm³/mol. The van der Waals surface area contributed by atoms with Crippen molar-refractivity contribution in [1.29, 1.82) is 0 Å². The van der Waals surface area contributed by atoms with E-state index in [1.807, 2.05) is 0 Å². The van der Waals surface area contributed by atoms with Crippen LogP contribution in [0.15, 0.2) is 15.8 Å². The molecule has 0 aliphatic heterocycles. The van der Waals surface area contributed by atoms with E-state index in [1.165, 1.54) is 5.01 Å². The summed E-state index contributed by atoms with van der Waals surface area (Å²) < 4.78 is 0. The number of aromatic nitrogens is 2. The molecule has 0 radical (unpaired) electrons. The topological polar surface area (TPSA) is 62.2 Å². The third-order valence-electron chi connectivity index (χ3n) is 3.13. The Labute approximate surface area is 163 Å². The first-order chi connectivity index (χ1) is 10.6. The monoisotopic (exact) mass is 465 g/mol. The number of aryl methyl sites for hydroxylation is 1. The Balaban J connectivity index is 0.00000264. The first kappa shape index (κ1) is 20.3. The van der Waals surface area contributed by atoms with Gasteiger partial charge >= 0.3 is 0 Å². The van der Waals surface area contributed by atoms with Gasteiger partial charge in [0.1, 0.15) is 5.01 Å². The zero-order chi connectivity index (χ0) is 15.9. The van der Waals surface area contributed by atoms with Crippen molar-refractivity contribution in [3.05, 3.63) is 32.2 Å². The summed E-state index contributed by atoms with van der Waals surface area (Å²) in [7, 11) is 1.77. The molecule has 0 aliphatic carbocycles. The van der Waals surface area contributed by atoms with Gasteiger partial charge in [-0.2, -0.15) is 0 Å². The smallest absolute Gasteiger partial charge is 0.191 e. The molecule has 0 atom stereocenters. The summed E-state index contributed by atoms with van der Waals surface area (Å²) in [4.78, 5) is 13.4. The van der Waals surface area contributed by atoms with Gasteiger partial charge in [0.15, 0.2) is 5.96 Å². The molecule has 0 bridgehead atoms. The molecule has 0 aromatic carbocycles. The highest BCUT2D eigenvalue weighted by Crippen LogP contribution is 2.17. The molecule has 2 aromatic heterocycles. The summed E-state index contributed by atoms with van der Waals surface area (Å²) >= 11 is 3.39. The molecule has 0 fully saturated rings. The first-order valence-electron chi connectivity index (χ1n) is 7.44. The number of hydrogen-bond acceptors (Lipinski definition) is 5. The number of hydrogen-bond donors (Lipinski definition) is 2. The van der Waals surface area contributed by atoms with E-state index in [0.29, 0.717) is 19.0 Å². The van der Waals surface area contributed by atoms with Crippen LogP contribution in [0, 0.1) is 0 Å². The maximum absolute atomic E-state index is 4.61. The highest BCUT2D eigenvalue weighted by atomic mass is 127. The number of nitrogens with zero attached hydrogens (tertiary/aromatic N) is 3. The van der Waals surface area contributed by atoms with Crippen molar-refractivity contribution in [2.45, 2.75) is 46.2 Å². The van der Waals surface area contributed by atoms with Gasteiger partial charge in [-0.3, -0.25) is 4.99 Å². The van der Waals surface area contributed by atoms with Gasteiger partial charge in [0.25, 0.3) is 0 Å². The highest BCUT2D eigenvalue weighted by molar-refractivity contribution is 14.0. The van der Waals surface area contributed by atoms with E-state index >= 15 is 0 Å². The third-order valence-corrected chi connectivity index (χ3v) is 5.04. The van der Waals surface area contributed by atoms with Gasteiger partial charge in [-0.05, 0) is 12.3 Å². The number of nitrogens with one attached hydrogen (secondary N) is 2. The summed E-state index contributed by atoms with van der Waals surface area (Å²) in [6.07, 6.45) is 0.986. The van der Waals surface area contributed by atoms with Gasteiger partial charge in [0.05, 0.1) is 29.5 Å². The van der Waals surface area contributed by atoms with Crippen LogP contribution in [-0.2, 0) is 19.5 Å². The lowest BCUT2D eigenvalue weighted by atomic mass is 10.2. The van der Waals surface area contributed by atoms with Gasteiger partial charge < -0.3 is 10.6 Å².